The lowest BCUT2D eigenvalue weighted by molar-refractivity contribution is -0.112. The summed E-state index contributed by atoms with van der Waals surface area (Å²) >= 11 is 0. The number of nitrogens with one attached hydrogen (secondary N) is 1. The molecule has 0 aromatic heterocycles. The van der Waals surface area contributed by atoms with Crippen LogP contribution in [0.15, 0.2) is 47.7 Å². The van der Waals surface area contributed by atoms with Crippen LogP contribution >= 0.6 is 0 Å². The molecule has 29 heavy (non-hydrogen) atoms. The van der Waals surface area contributed by atoms with E-state index in [2.05, 4.69) is 5.32 Å². The van der Waals surface area contributed by atoms with Gasteiger partial charge in [-0.3, -0.25) is 4.79 Å². The van der Waals surface area contributed by atoms with Crippen molar-refractivity contribution in [1.82, 2.24) is 0 Å². The quantitative estimate of drug-likeness (QED) is 0.396. The fraction of sp³-hybridized carbons (Fsp3) is 0.273. The second-order valence-corrected chi connectivity index (χ2v) is 6.79. The largest absolute Gasteiger partial charge is 0.511 e. The Bertz CT molecular complexity index is 973. The Balaban J connectivity index is 2.51. The average molecular weight is 398 g/mol. The summed E-state index contributed by atoms with van der Waals surface area (Å²) in [7, 11) is 1.54. The maximum Gasteiger partial charge on any atom is 0.269 e. The summed E-state index contributed by atoms with van der Waals surface area (Å²) in [6, 6.07) is 11.3. The molecule has 2 aromatic carbocycles. The third-order valence-electron chi connectivity index (χ3n) is 3.97. The number of benzene rings is 2. The molecule has 0 radical (unpaired) electrons. The molecule has 0 saturated heterocycles. The van der Waals surface area contributed by atoms with Crippen molar-refractivity contribution in [2.24, 2.45) is 5.92 Å². The van der Waals surface area contributed by atoms with Crippen LogP contribution in [0.3, 0.4) is 0 Å². The standard InChI is InChI=1S/C22H23FN2O4/c1-13(2)12-29-21-10-20(25-22(27)18(11-24)14(3)26)19(23)9-17(21)15-6-5-7-16(8-15)28-4/h5-10,13,26H,12H2,1-4H3,(H,25,27)/b18-14-. The van der Waals surface area contributed by atoms with E-state index in [1.807, 2.05) is 13.8 Å². The molecule has 0 saturated carbocycles. The van der Waals surface area contributed by atoms with Crippen molar-refractivity contribution in [2.75, 3.05) is 19.0 Å². The Morgan fingerprint density at radius 3 is 2.62 bits per heavy atom. The monoisotopic (exact) mass is 398 g/mol. The van der Waals surface area contributed by atoms with Crippen molar-refractivity contribution < 1.29 is 23.8 Å². The lowest BCUT2D eigenvalue weighted by Gasteiger charge is -2.16. The van der Waals surface area contributed by atoms with Gasteiger partial charge in [0.05, 0.1) is 19.4 Å². The lowest BCUT2D eigenvalue weighted by Crippen LogP contribution is -2.16. The van der Waals surface area contributed by atoms with Crippen molar-refractivity contribution in [3.8, 4) is 28.7 Å². The molecule has 6 nitrogen and oxygen atoms in total. The first-order chi connectivity index (χ1) is 13.8. The molecule has 0 heterocycles. The Morgan fingerprint density at radius 1 is 1.31 bits per heavy atom. The van der Waals surface area contributed by atoms with Crippen LogP contribution < -0.4 is 14.8 Å². The Morgan fingerprint density at radius 2 is 2.03 bits per heavy atom. The second-order valence-electron chi connectivity index (χ2n) is 6.79. The zero-order valence-electron chi connectivity index (χ0n) is 16.7. The fourth-order valence-electron chi connectivity index (χ4n) is 2.52. The summed E-state index contributed by atoms with van der Waals surface area (Å²) in [6.07, 6.45) is 0. The predicted octanol–water partition coefficient (Wildman–Crippen LogP) is 4.83. The molecular weight excluding hydrogens is 375 g/mol. The molecule has 2 rings (SSSR count). The number of amides is 1. The molecule has 0 spiro atoms. The van der Waals surface area contributed by atoms with Gasteiger partial charge in [-0.15, -0.1) is 0 Å². The number of ether oxygens (including phenoxy) is 2. The maximum absolute atomic E-state index is 14.8. The van der Waals surface area contributed by atoms with Gasteiger partial charge in [0.2, 0.25) is 0 Å². The van der Waals surface area contributed by atoms with Gasteiger partial charge in [0.25, 0.3) is 5.91 Å². The number of rotatable bonds is 7. The molecule has 0 aliphatic rings. The number of aliphatic hydroxyl groups is 1. The minimum Gasteiger partial charge on any atom is -0.511 e. The molecule has 1 amide bonds. The van der Waals surface area contributed by atoms with Crippen LogP contribution in [-0.4, -0.2) is 24.7 Å². The van der Waals surface area contributed by atoms with E-state index in [-0.39, 0.29) is 11.6 Å². The van der Waals surface area contributed by atoms with Gasteiger partial charge in [0.1, 0.15) is 29.1 Å². The number of nitrogens with zero attached hydrogens (tertiary/aromatic N) is 1. The fourth-order valence-corrected chi connectivity index (χ4v) is 2.52. The van der Waals surface area contributed by atoms with Crippen LogP contribution in [0.2, 0.25) is 0 Å². The van der Waals surface area contributed by atoms with Crippen molar-refractivity contribution in [3.05, 3.63) is 53.5 Å². The number of nitriles is 1. The van der Waals surface area contributed by atoms with Crippen LogP contribution in [0.5, 0.6) is 11.5 Å². The highest BCUT2D eigenvalue weighted by atomic mass is 19.1. The highest BCUT2D eigenvalue weighted by Crippen LogP contribution is 2.36. The van der Waals surface area contributed by atoms with E-state index in [4.69, 9.17) is 14.7 Å². The van der Waals surface area contributed by atoms with Crippen LogP contribution in [-0.2, 0) is 4.79 Å². The van der Waals surface area contributed by atoms with Crippen LogP contribution in [0.25, 0.3) is 11.1 Å². The highest BCUT2D eigenvalue weighted by Gasteiger charge is 2.18. The topological polar surface area (TPSA) is 91.6 Å². The number of halogens is 1. The summed E-state index contributed by atoms with van der Waals surface area (Å²) in [4.78, 5) is 12.2. The van der Waals surface area contributed by atoms with Gasteiger partial charge in [0, 0.05) is 11.6 Å². The molecule has 0 bridgehead atoms. The molecule has 0 atom stereocenters. The third kappa shape index (κ3) is 5.48. The van der Waals surface area contributed by atoms with Crippen LogP contribution in [0.1, 0.15) is 20.8 Å². The molecule has 2 aromatic rings. The number of hydrogen-bond acceptors (Lipinski definition) is 5. The molecule has 0 aliphatic carbocycles. The first-order valence-corrected chi connectivity index (χ1v) is 8.98. The van der Waals surface area contributed by atoms with E-state index in [0.717, 1.165) is 0 Å². The van der Waals surface area contributed by atoms with E-state index in [1.165, 1.54) is 26.2 Å². The third-order valence-corrected chi connectivity index (χ3v) is 3.97. The van der Waals surface area contributed by atoms with Crippen molar-refractivity contribution in [2.45, 2.75) is 20.8 Å². The molecule has 0 unspecified atom stereocenters. The number of anilines is 1. The van der Waals surface area contributed by atoms with E-state index < -0.39 is 23.1 Å². The Labute approximate surface area is 169 Å². The van der Waals surface area contributed by atoms with Crippen molar-refractivity contribution in [3.63, 3.8) is 0 Å². The number of allylic oxidation sites excluding steroid dienone is 1. The molecule has 152 valence electrons. The van der Waals surface area contributed by atoms with Crippen LogP contribution in [0, 0.1) is 23.1 Å². The van der Waals surface area contributed by atoms with Gasteiger partial charge in [0.15, 0.2) is 5.57 Å². The zero-order valence-corrected chi connectivity index (χ0v) is 16.7. The van der Waals surface area contributed by atoms with Crippen LogP contribution in [0.4, 0.5) is 10.1 Å². The van der Waals surface area contributed by atoms with Crippen molar-refractivity contribution >= 4 is 11.6 Å². The Hall–Kier alpha value is -3.53. The van der Waals surface area contributed by atoms with Gasteiger partial charge in [-0.05, 0) is 36.6 Å². The summed E-state index contributed by atoms with van der Waals surface area (Å²) in [5.74, 6) is -0.864. The summed E-state index contributed by atoms with van der Waals surface area (Å²) < 4.78 is 25.8. The molecular formula is C22H23FN2O4. The first kappa shape index (κ1) is 21.8. The van der Waals surface area contributed by atoms with Gasteiger partial charge in [-0.1, -0.05) is 26.0 Å². The normalized spacial score (nSPS) is 11.5. The highest BCUT2D eigenvalue weighted by molar-refractivity contribution is 6.07. The van der Waals surface area contributed by atoms with Gasteiger partial charge in [-0.25, -0.2) is 4.39 Å². The van der Waals surface area contributed by atoms with Gasteiger partial charge < -0.3 is 19.9 Å². The van der Waals surface area contributed by atoms with E-state index >= 15 is 0 Å². The first-order valence-electron chi connectivity index (χ1n) is 8.98. The minimum absolute atomic E-state index is 0.158. The number of aliphatic hydroxyl groups excluding tert-OH is 1. The Kier molecular flexibility index (Phi) is 7.21. The van der Waals surface area contributed by atoms with Crippen molar-refractivity contribution in [1.29, 1.82) is 5.26 Å². The number of carbonyl (C=O) groups is 1. The van der Waals surface area contributed by atoms with E-state index in [9.17, 15) is 14.3 Å². The number of hydrogen-bond donors (Lipinski definition) is 2. The molecule has 2 N–H and O–H groups in total. The maximum atomic E-state index is 14.8. The summed E-state index contributed by atoms with van der Waals surface area (Å²) in [6.45, 7) is 5.55. The molecule has 7 heteroatoms. The zero-order chi connectivity index (χ0) is 21.6. The van der Waals surface area contributed by atoms with Gasteiger partial charge >= 0.3 is 0 Å². The average Bonchev–Trinajstić information content (AvgIpc) is 2.68. The smallest absolute Gasteiger partial charge is 0.269 e. The number of methoxy groups -OCH3 is 1. The molecule has 0 fully saturated rings. The van der Waals surface area contributed by atoms with E-state index in [1.54, 1.807) is 30.3 Å². The van der Waals surface area contributed by atoms with Gasteiger partial charge in [-0.2, -0.15) is 5.26 Å². The molecule has 0 aliphatic heterocycles. The van der Waals surface area contributed by atoms with E-state index in [0.29, 0.717) is 29.2 Å². The summed E-state index contributed by atoms with van der Waals surface area (Å²) in [5, 5.41) is 20.7. The SMILES string of the molecule is COc1cccc(-c2cc(F)c(NC(=O)/C(C#N)=C(/C)O)cc2OCC(C)C)c1. The second kappa shape index (κ2) is 9.60. The predicted molar refractivity (Wildman–Crippen MR) is 108 cm³/mol. The summed E-state index contributed by atoms with van der Waals surface area (Å²) in [5.41, 5.74) is 0.526. The number of carbonyl (C=O) groups excluding carboxylic acids is 1. The lowest BCUT2D eigenvalue weighted by atomic mass is 10.0. The minimum atomic E-state index is -0.907.